The Morgan fingerprint density at radius 3 is 2.62 bits per heavy atom. The summed E-state index contributed by atoms with van der Waals surface area (Å²) in [5, 5.41) is 0. The second-order valence-corrected chi connectivity index (χ2v) is 2.78. The number of hydrazine groups is 1. The number of hydrogen-bond donors (Lipinski definition) is 2. The van der Waals surface area contributed by atoms with Crippen molar-refractivity contribution >= 4 is 11.6 Å². The van der Waals surface area contributed by atoms with Gasteiger partial charge in [-0.3, -0.25) is 10.6 Å². The highest BCUT2D eigenvalue weighted by Gasteiger charge is 2.08. The molecule has 0 fully saturated rings. The zero-order chi connectivity index (χ0) is 9.84. The molecule has 0 aliphatic heterocycles. The molecule has 3 N–H and O–H groups in total. The summed E-state index contributed by atoms with van der Waals surface area (Å²) in [5.74, 6) is 5.03. The number of nitrogen functional groups attached to an aromatic ring is 1. The summed E-state index contributed by atoms with van der Waals surface area (Å²) in [6, 6.07) is 3.32. The third-order valence-corrected chi connectivity index (χ3v) is 1.56. The van der Waals surface area contributed by atoms with E-state index < -0.39 is 0 Å². The molecule has 1 aromatic rings. The molecule has 1 heterocycles. The molecule has 1 amide bonds. The van der Waals surface area contributed by atoms with Gasteiger partial charge in [0, 0.05) is 14.1 Å². The summed E-state index contributed by atoms with van der Waals surface area (Å²) in [7, 11) is 3.36. The molecule has 0 aliphatic carbocycles. The second kappa shape index (κ2) is 3.86. The van der Waals surface area contributed by atoms with Crippen LogP contribution in [0.3, 0.4) is 0 Å². The third kappa shape index (κ3) is 2.16. The highest BCUT2D eigenvalue weighted by atomic mass is 16.2. The molecule has 1 aromatic heterocycles. The summed E-state index contributed by atoms with van der Waals surface area (Å²) in [5.41, 5.74) is 3.52. The number of nitrogens with zero attached hydrogens (tertiary/aromatic N) is 2. The minimum absolute atomic E-state index is 0.122. The van der Waals surface area contributed by atoms with Crippen molar-refractivity contribution in [2.45, 2.75) is 0 Å². The van der Waals surface area contributed by atoms with Gasteiger partial charge in [-0.15, -0.1) is 0 Å². The molecule has 0 spiro atoms. The summed E-state index contributed by atoms with van der Waals surface area (Å²) >= 11 is 0. The lowest BCUT2D eigenvalue weighted by atomic mass is 10.3. The minimum Gasteiger partial charge on any atom is -0.343 e. The number of carbonyl (C=O) groups is 1. The van der Waals surface area contributed by atoms with E-state index in [0.29, 0.717) is 11.4 Å². The molecular weight excluding hydrogens is 168 g/mol. The first-order valence-corrected chi connectivity index (χ1v) is 3.79. The Morgan fingerprint density at radius 2 is 2.23 bits per heavy atom. The molecule has 0 saturated heterocycles. The number of rotatable bonds is 2. The fourth-order valence-corrected chi connectivity index (χ4v) is 0.835. The number of pyridine rings is 1. The van der Waals surface area contributed by atoms with Crippen LogP contribution in [0.1, 0.15) is 10.5 Å². The van der Waals surface area contributed by atoms with Crippen LogP contribution in [0.25, 0.3) is 0 Å². The maximum Gasteiger partial charge on any atom is 0.271 e. The molecule has 0 unspecified atom stereocenters. The predicted molar refractivity (Wildman–Crippen MR) is 50.1 cm³/mol. The molecule has 0 aliphatic rings. The highest BCUT2D eigenvalue weighted by molar-refractivity contribution is 5.92. The lowest BCUT2D eigenvalue weighted by Gasteiger charge is -2.09. The Bertz CT molecular complexity index is 294. The molecular formula is C8H12N4O. The monoisotopic (exact) mass is 180 g/mol. The van der Waals surface area contributed by atoms with Crippen LogP contribution in [-0.4, -0.2) is 29.9 Å². The average Bonchev–Trinajstić information content (AvgIpc) is 2.17. The van der Waals surface area contributed by atoms with Crippen molar-refractivity contribution in [1.82, 2.24) is 9.88 Å². The number of anilines is 1. The topological polar surface area (TPSA) is 71.2 Å². The number of hydrogen-bond acceptors (Lipinski definition) is 4. The van der Waals surface area contributed by atoms with Crippen LogP contribution in [0.4, 0.5) is 5.69 Å². The fraction of sp³-hybridized carbons (Fsp3) is 0.250. The molecule has 0 saturated carbocycles. The van der Waals surface area contributed by atoms with Gasteiger partial charge in [0.2, 0.25) is 0 Å². The molecule has 0 atom stereocenters. The molecule has 5 heteroatoms. The Balaban J connectivity index is 2.86. The second-order valence-electron chi connectivity index (χ2n) is 2.78. The summed E-state index contributed by atoms with van der Waals surface area (Å²) in [6.07, 6.45) is 1.51. The number of nitrogens with two attached hydrogens (primary N) is 1. The normalized spacial score (nSPS) is 9.46. The van der Waals surface area contributed by atoms with Gasteiger partial charge >= 0.3 is 0 Å². The first-order valence-electron chi connectivity index (χ1n) is 3.79. The highest BCUT2D eigenvalue weighted by Crippen LogP contribution is 2.05. The lowest BCUT2D eigenvalue weighted by molar-refractivity contribution is 0.0822. The van der Waals surface area contributed by atoms with Gasteiger partial charge in [-0.2, -0.15) is 0 Å². The van der Waals surface area contributed by atoms with E-state index in [0.717, 1.165) is 0 Å². The summed E-state index contributed by atoms with van der Waals surface area (Å²) < 4.78 is 0. The van der Waals surface area contributed by atoms with Gasteiger partial charge in [0.1, 0.15) is 5.69 Å². The maximum atomic E-state index is 11.4. The van der Waals surface area contributed by atoms with E-state index in [9.17, 15) is 4.79 Å². The van der Waals surface area contributed by atoms with E-state index in [1.807, 2.05) is 0 Å². The SMILES string of the molecule is CN(C)C(=O)c1ccc(NN)cn1. The van der Waals surface area contributed by atoms with Gasteiger partial charge < -0.3 is 10.3 Å². The summed E-state index contributed by atoms with van der Waals surface area (Å²) in [4.78, 5) is 16.8. The lowest BCUT2D eigenvalue weighted by Crippen LogP contribution is -2.22. The zero-order valence-electron chi connectivity index (χ0n) is 7.61. The molecule has 0 aromatic carbocycles. The van der Waals surface area contributed by atoms with Crippen LogP contribution < -0.4 is 11.3 Å². The Morgan fingerprint density at radius 1 is 1.54 bits per heavy atom. The smallest absolute Gasteiger partial charge is 0.271 e. The Labute approximate surface area is 76.5 Å². The molecule has 0 radical (unpaired) electrons. The van der Waals surface area contributed by atoms with Gasteiger partial charge in [0.15, 0.2) is 0 Å². The number of carbonyl (C=O) groups excluding carboxylic acids is 1. The van der Waals surface area contributed by atoms with E-state index in [1.54, 1.807) is 26.2 Å². The van der Waals surface area contributed by atoms with E-state index in [1.165, 1.54) is 11.1 Å². The van der Waals surface area contributed by atoms with Crippen molar-refractivity contribution in [3.8, 4) is 0 Å². The molecule has 1 rings (SSSR count). The first kappa shape index (κ1) is 9.47. The Hall–Kier alpha value is -1.62. The van der Waals surface area contributed by atoms with Gasteiger partial charge in [-0.1, -0.05) is 0 Å². The average molecular weight is 180 g/mol. The van der Waals surface area contributed by atoms with Crippen molar-refractivity contribution < 1.29 is 4.79 Å². The zero-order valence-corrected chi connectivity index (χ0v) is 7.61. The quantitative estimate of drug-likeness (QED) is 0.499. The minimum atomic E-state index is -0.122. The summed E-state index contributed by atoms with van der Waals surface area (Å²) in [6.45, 7) is 0. The number of amides is 1. The van der Waals surface area contributed by atoms with Crippen molar-refractivity contribution in [3.05, 3.63) is 24.0 Å². The van der Waals surface area contributed by atoms with Crippen LogP contribution in [0.5, 0.6) is 0 Å². The van der Waals surface area contributed by atoms with E-state index >= 15 is 0 Å². The standard InChI is InChI=1S/C8H12N4O/c1-12(2)8(13)7-4-3-6(11-9)5-10-7/h3-5,11H,9H2,1-2H3. The first-order chi connectivity index (χ1) is 6.15. The molecule has 5 nitrogen and oxygen atoms in total. The molecule has 0 bridgehead atoms. The van der Waals surface area contributed by atoms with Crippen LogP contribution in [0, 0.1) is 0 Å². The van der Waals surface area contributed by atoms with Crippen molar-refractivity contribution in [2.24, 2.45) is 5.84 Å². The van der Waals surface area contributed by atoms with Crippen LogP contribution >= 0.6 is 0 Å². The Kier molecular flexibility index (Phi) is 2.81. The number of nitrogens with one attached hydrogen (secondary N) is 1. The van der Waals surface area contributed by atoms with Crippen molar-refractivity contribution in [2.75, 3.05) is 19.5 Å². The van der Waals surface area contributed by atoms with Crippen molar-refractivity contribution in [3.63, 3.8) is 0 Å². The van der Waals surface area contributed by atoms with Crippen LogP contribution in [0.2, 0.25) is 0 Å². The van der Waals surface area contributed by atoms with Gasteiger partial charge in [0.05, 0.1) is 11.9 Å². The van der Waals surface area contributed by atoms with Gasteiger partial charge in [-0.05, 0) is 12.1 Å². The van der Waals surface area contributed by atoms with E-state index in [2.05, 4.69) is 10.4 Å². The van der Waals surface area contributed by atoms with Crippen LogP contribution in [-0.2, 0) is 0 Å². The van der Waals surface area contributed by atoms with Crippen molar-refractivity contribution in [1.29, 1.82) is 0 Å². The largest absolute Gasteiger partial charge is 0.343 e. The van der Waals surface area contributed by atoms with Crippen LogP contribution in [0.15, 0.2) is 18.3 Å². The van der Waals surface area contributed by atoms with E-state index in [-0.39, 0.29) is 5.91 Å². The molecule has 70 valence electrons. The van der Waals surface area contributed by atoms with Gasteiger partial charge in [-0.25, -0.2) is 4.98 Å². The predicted octanol–water partition coefficient (Wildman–Crippen LogP) is 0.0690. The van der Waals surface area contributed by atoms with Gasteiger partial charge in [0.25, 0.3) is 5.91 Å². The molecule has 13 heavy (non-hydrogen) atoms. The third-order valence-electron chi connectivity index (χ3n) is 1.56. The number of aromatic nitrogens is 1. The fourth-order valence-electron chi connectivity index (χ4n) is 0.835. The maximum absolute atomic E-state index is 11.4. The van der Waals surface area contributed by atoms with E-state index in [4.69, 9.17) is 5.84 Å².